The Kier molecular flexibility index (Phi) is 5.29. The third kappa shape index (κ3) is 3.73. The van der Waals surface area contributed by atoms with E-state index in [-0.39, 0.29) is 18.6 Å². The second-order valence-corrected chi connectivity index (χ2v) is 7.42. The minimum atomic E-state index is -0.242. The number of aromatic nitrogens is 1. The number of hydrogen-bond acceptors (Lipinski definition) is 4. The predicted octanol–water partition coefficient (Wildman–Crippen LogP) is 4.87. The summed E-state index contributed by atoms with van der Waals surface area (Å²) in [6.45, 7) is 2.25. The first-order valence-corrected chi connectivity index (χ1v) is 9.68. The Morgan fingerprint density at radius 1 is 1.25 bits per heavy atom. The summed E-state index contributed by atoms with van der Waals surface area (Å²) in [5.41, 5.74) is 2.31. The van der Waals surface area contributed by atoms with Crippen LogP contribution in [0.3, 0.4) is 0 Å². The molecular formula is C21H18Cl2N2O3. The molecule has 1 aliphatic rings. The molecule has 2 aromatic carbocycles. The van der Waals surface area contributed by atoms with Crippen molar-refractivity contribution in [1.29, 1.82) is 0 Å². The molecular weight excluding hydrogens is 399 g/mol. The topological polar surface area (TPSA) is 60.5 Å². The highest BCUT2D eigenvalue weighted by atomic mass is 35.5. The Labute approximate surface area is 172 Å². The summed E-state index contributed by atoms with van der Waals surface area (Å²) in [6, 6.07) is 12.9. The summed E-state index contributed by atoms with van der Waals surface area (Å²) in [5, 5.41) is 4.54. The molecule has 144 valence electrons. The lowest BCUT2D eigenvalue weighted by Crippen LogP contribution is -2.35. The van der Waals surface area contributed by atoms with Gasteiger partial charge in [0.15, 0.2) is 12.4 Å². The summed E-state index contributed by atoms with van der Waals surface area (Å²) in [6.07, 6.45) is 0.703. The highest BCUT2D eigenvalue weighted by Gasteiger charge is 2.23. The number of benzene rings is 2. The zero-order valence-electron chi connectivity index (χ0n) is 15.2. The molecule has 0 fully saturated rings. The van der Waals surface area contributed by atoms with Crippen LogP contribution in [0, 0.1) is 6.92 Å². The maximum atomic E-state index is 12.5. The number of rotatable bonds is 4. The lowest BCUT2D eigenvalue weighted by molar-refractivity contribution is -0.124. The molecule has 1 amide bonds. The van der Waals surface area contributed by atoms with Crippen LogP contribution in [0.2, 0.25) is 10.0 Å². The normalized spacial score (nSPS) is 15.6. The van der Waals surface area contributed by atoms with Gasteiger partial charge in [0.1, 0.15) is 11.3 Å². The van der Waals surface area contributed by atoms with Crippen molar-refractivity contribution in [3.8, 4) is 11.5 Å². The van der Waals surface area contributed by atoms with Gasteiger partial charge in [-0.05, 0) is 31.2 Å². The molecule has 3 aromatic rings. The van der Waals surface area contributed by atoms with Crippen molar-refractivity contribution >= 4 is 40.0 Å². The number of amides is 1. The van der Waals surface area contributed by atoms with E-state index in [4.69, 9.17) is 32.7 Å². The molecule has 28 heavy (non-hydrogen) atoms. The fourth-order valence-corrected chi connectivity index (χ4v) is 3.86. The number of pyridine rings is 1. The first-order chi connectivity index (χ1) is 13.5. The van der Waals surface area contributed by atoms with Crippen LogP contribution in [0.15, 0.2) is 42.5 Å². The van der Waals surface area contributed by atoms with Gasteiger partial charge in [-0.15, -0.1) is 0 Å². The third-order valence-corrected chi connectivity index (χ3v) is 5.21. The van der Waals surface area contributed by atoms with Gasteiger partial charge in [0, 0.05) is 23.1 Å². The van der Waals surface area contributed by atoms with Crippen molar-refractivity contribution in [2.75, 3.05) is 13.2 Å². The Bertz CT molecular complexity index is 1060. The quantitative estimate of drug-likeness (QED) is 0.658. The van der Waals surface area contributed by atoms with Crippen LogP contribution in [-0.2, 0) is 4.79 Å². The van der Waals surface area contributed by atoms with E-state index in [0.29, 0.717) is 34.3 Å². The average molecular weight is 417 g/mol. The number of fused-ring (bicyclic) bond motifs is 2. The first-order valence-electron chi connectivity index (χ1n) is 8.92. The van der Waals surface area contributed by atoms with Gasteiger partial charge < -0.3 is 14.8 Å². The first kappa shape index (κ1) is 18.8. The van der Waals surface area contributed by atoms with E-state index in [2.05, 4.69) is 10.3 Å². The summed E-state index contributed by atoms with van der Waals surface area (Å²) >= 11 is 12.6. The molecule has 1 aromatic heterocycles. The fraction of sp³-hybridized carbons (Fsp3) is 0.238. The zero-order valence-corrected chi connectivity index (χ0v) is 16.7. The number of carbonyl (C=O) groups is 1. The van der Waals surface area contributed by atoms with Gasteiger partial charge in [-0.2, -0.15) is 0 Å². The van der Waals surface area contributed by atoms with Crippen LogP contribution >= 0.6 is 23.2 Å². The molecule has 7 heteroatoms. The lowest BCUT2D eigenvalue weighted by atomic mass is 10.0. The van der Waals surface area contributed by atoms with Crippen molar-refractivity contribution in [2.24, 2.45) is 0 Å². The molecule has 0 bridgehead atoms. The standard InChI is InChI=1S/C21H18Cl2N2O3/c1-12-6-7-13-15(22)10-16(23)21(20(13)24-12)28-11-19(26)25-17-8-9-27-18-5-3-2-4-14(17)18/h2-7,10,17H,8-9,11H2,1H3,(H,25,26). The van der Waals surface area contributed by atoms with Crippen LogP contribution in [-0.4, -0.2) is 24.1 Å². The molecule has 4 rings (SSSR count). The SMILES string of the molecule is Cc1ccc2c(Cl)cc(Cl)c(OCC(=O)NC3CCOc4ccccc43)c2n1. The Morgan fingerprint density at radius 3 is 2.93 bits per heavy atom. The molecule has 0 radical (unpaired) electrons. The van der Waals surface area contributed by atoms with Gasteiger partial charge >= 0.3 is 0 Å². The molecule has 1 N–H and O–H groups in total. The van der Waals surface area contributed by atoms with Gasteiger partial charge in [0.2, 0.25) is 0 Å². The van der Waals surface area contributed by atoms with Crippen molar-refractivity contribution in [2.45, 2.75) is 19.4 Å². The maximum absolute atomic E-state index is 12.5. The number of carbonyl (C=O) groups excluding carboxylic acids is 1. The van der Waals surface area contributed by atoms with Gasteiger partial charge in [-0.1, -0.05) is 41.4 Å². The van der Waals surface area contributed by atoms with Gasteiger partial charge in [0.05, 0.1) is 22.7 Å². The van der Waals surface area contributed by atoms with Crippen LogP contribution in [0.5, 0.6) is 11.5 Å². The van der Waals surface area contributed by atoms with E-state index < -0.39 is 0 Å². The molecule has 0 spiro atoms. The maximum Gasteiger partial charge on any atom is 0.258 e. The molecule has 2 heterocycles. The zero-order chi connectivity index (χ0) is 19.7. The van der Waals surface area contributed by atoms with Gasteiger partial charge in [-0.3, -0.25) is 4.79 Å². The van der Waals surface area contributed by atoms with Crippen molar-refractivity contribution in [1.82, 2.24) is 10.3 Å². The number of nitrogens with zero attached hydrogens (tertiary/aromatic N) is 1. The molecule has 1 unspecified atom stereocenters. The number of ether oxygens (including phenoxy) is 2. The minimum absolute atomic E-state index is 0.112. The van der Waals surface area contributed by atoms with Gasteiger partial charge in [-0.25, -0.2) is 4.98 Å². The van der Waals surface area contributed by atoms with E-state index in [9.17, 15) is 4.79 Å². The van der Waals surface area contributed by atoms with Crippen molar-refractivity contribution < 1.29 is 14.3 Å². The predicted molar refractivity (Wildman–Crippen MR) is 109 cm³/mol. The van der Waals surface area contributed by atoms with E-state index in [0.717, 1.165) is 22.4 Å². The van der Waals surface area contributed by atoms with Crippen molar-refractivity contribution in [3.63, 3.8) is 0 Å². The minimum Gasteiger partial charge on any atom is -0.493 e. The number of hydrogen-bond donors (Lipinski definition) is 1. The summed E-state index contributed by atoms with van der Waals surface area (Å²) in [4.78, 5) is 17.0. The molecule has 1 aliphatic heterocycles. The highest BCUT2D eigenvalue weighted by molar-refractivity contribution is 6.39. The van der Waals surface area contributed by atoms with Crippen LogP contribution in [0.1, 0.15) is 23.7 Å². The molecule has 0 aliphatic carbocycles. The summed E-state index contributed by atoms with van der Waals surface area (Å²) in [5.74, 6) is 0.909. The molecule has 0 saturated heterocycles. The third-order valence-electron chi connectivity index (χ3n) is 4.62. The van der Waals surface area contributed by atoms with E-state index in [1.807, 2.05) is 43.3 Å². The number of halogens is 2. The monoisotopic (exact) mass is 416 g/mol. The Balaban J connectivity index is 1.51. The molecule has 0 saturated carbocycles. The second-order valence-electron chi connectivity index (χ2n) is 6.60. The summed E-state index contributed by atoms with van der Waals surface area (Å²) < 4.78 is 11.4. The van der Waals surface area contributed by atoms with E-state index >= 15 is 0 Å². The Hall–Kier alpha value is -2.50. The lowest BCUT2D eigenvalue weighted by Gasteiger charge is -2.26. The van der Waals surface area contributed by atoms with Gasteiger partial charge in [0.25, 0.3) is 5.91 Å². The van der Waals surface area contributed by atoms with Crippen molar-refractivity contribution in [3.05, 3.63) is 63.8 Å². The number of para-hydroxylation sites is 1. The van der Waals surface area contributed by atoms with Crippen LogP contribution < -0.4 is 14.8 Å². The fourth-order valence-electron chi connectivity index (χ4n) is 3.29. The molecule has 5 nitrogen and oxygen atoms in total. The average Bonchev–Trinajstić information content (AvgIpc) is 2.68. The molecule has 1 atom stereocenters. The smallest absolute Gasteiger partial charge is 0.258 e. The largest absolute Gasteiger partial charge is 0.493 e. The number of nitrogens with one attached hydrogen (secondary N) is 1. The summed E-state index contributed by atoms with van der Waals surface area (Å²) in [7, 11) is 0. The van der Waals surface area contributed by atoms with E-state index in [1.165, 1.54) is 0 Å². The Morgan fingerprint density at radius 2 is 2.07 bits per heavy atom. The highest BCUT2D eigenvalue weighted by Crippen LogP contribution is 2.37. The van der Waals surface area contributed by atoms with Crippen LogP contribution in [0.4, 0.5) is 0 Å². The number of aryl methyl sites for hydroxylation is 1. The van der Waals surface area contributed by atoms with E-state index in [1.54, 1.807) is 6.07 Å². The van der Waals surface area contributed by atoms with Crippen LogP contribution in [0.25, 0.3) is 10.9 Å². The second kappa shape index (κ2) is 7.86.